The quantitative estimate of drug-likeness (QED) is 0.401. The Bertz CT molecular complexity index is 201. The Kier molecular flexibility index (Phi) is 12.3. The summed E-state index contributed by atoms with van der Waals surface area (Å²) in [6, 6.07) is -0.300. The lowest BCUT2D eigenvalue weighted by Gasteiger charge is -2.12. The molecule has 0 saturated carbocycles. The standard InChI is InChI=1S/C12H25NO5/c1-4-18-12(14)11(2)13-5-6-16-9-10-17-8-7-15-3/h11,13H,4-10H2,1-3H3. The summed E-state index contributed by atoms with van der Waals surface area (Å²) in [7, 11) is 1.64. The molecule has 1 N–H and O–H groups in total. The summed E-state index contributed by atoms with van der Waals surface area (Å²) < 4.78 is 20.2. The van der Waals surface area contributed by atoms with Gasteiger partial charge in [-0.2, -0.15) is 0 Å². The topological polar surface area (TPSA) is 66.0 Å². The molecule has 0 aliphatic rings. The van der Waals surface area contributed by atoms with Gasteiger partial charge in [0.15, 0.2) is 0 Å². The van der Waals surface area contributed by atoms with Gasteiger partial charge in [0.2, 0.25) is 0 Å². The van der Waals surface area contributed by atoms with Crippen LogP contribution in [-0.2, 0) is 23.7 Å². The van der Waals surface area contributed by atoms with Gasteiger partial charge in [-0.15, -0.1) is 0 Å². The minimum atomic E-state index is -0.300. The molecule has 6 heteroatoms. The average molecular weight is 263 g/mol. The molecule has 0 aliphatic heterocycles. The predicted molar refractivity (Wildman–Crippen MR) is 67.6 cm³/mol. The van der Waals surface area contributed by atoms with Crippen molar-refractivity contribution in [1.29, 1.82) is 0 Å². The van der Waals surface area contributed by atoms with Crippen molar-refractivity contribution in [2.45, 2.75) is 19.9 Å². The van der Waals surface area contributed by atoms with Crippen molar-refractivity contribution in [3.8, 4) is 0 Å². The molecule has 108 valence electrons. The molecule has 0 heterocycles. The van der Waals surface area contributed by atoms with Crippen molar-refractivity contribution in [2.75, 3.05) is 53.3 Å². The number of hydrogen-bond donors (Lipinski definition) is 1. The molecule has 0 aliphatic carbocycles. The fourth-order valence-corrected chi connectivity index (χ4v) is 1.16. The van der Waals surface area contributed by atoms with E-state index in [1.165, 1.54) is 0 Å². The highest BCUT2D eigenvalue weighted by molar-refractivity contribution is 5.75. The summed E-state index contributed by atoms with van der Waals surface area (Å²) in [5.41, 5.74) is 0. The third kappa shape index (κ3) is 10.5. The van der Waals surface area contributed by atoms with Crippen molar-refractivity contribution in [3.63, 3.8) is 0 Å². The molecule has 1 unspecified atom stereocenters. The maximum absolute atomic E-state index is 11.3. The first-order chi connectivity index (χ1) is 8.72. The third-order valence-corrected chi connectivity index (χ3v) is 2.14. The predicted octanol–water partition coefficient (Wildman–Crippen LogP) is 0.207. The van der Waals surface area contributed by atoms with Gasteiger partial charge >= 0.3 is 5.97 Å². The van der Waals surface area contributed by atoms with Crippen molar-refractivity contribution in [3.05, 3.63) is 0 Å². The van der Waals surface area contributed by atoms with Gasteiger partial charge in [0.1, 0.15) is 6.04 Å². The molecule has 0 amide bonds. The van der Waals surface area contributed by atoms with Crippen molar-refractivity contribution in [1.82, 2.24) is 5.32 Å². The minimum Gasteiger partial charge on any atom is -0.465 e. The van der Waals surface area contributed by atoms with E-state index in [4.69, 9.17) is 18.9 Å². The first kappa shape index (κ1) is 17.3. The minimum absolute atomic E-state index is 0.236. The molecular formula is C12H25NO5. The lowest BCUT2D eigenvalue weighted by atomic mass is 10.3. The number of hydrogen-bond acceptors (Lipinski definition) is 6. The van der Waals surface area contributed by atoms with E-state index in [1.54, 1.807) is 21.0 Å². The zero-order valence-corrected chi connectivity index (χ0v) is 11.6. The second-order valence-electron chi connectivity index (χ2n) is 3.65. The van der Waals surface area contributed by atoms with E-state index in [0.29, 0.717) is 46.2 Å². The third-order valence-electron chi connectivity index (χ3n) is 2.14. The normalized spacial score (nSPS) is 12.4. The Morgan fingerprint density at radius 1 is 1.11 bits per heavy atom. The van der Waals surface area contributed by atoms with Crippen molar-refractivity contribution < 1.29 is 23.7 Å². The molecule has 6 nitrogen and oxygen atoms in total. The van der Waals surface area contributed by atoms with Gasteiger partial charge in [0.05, 0.1) is 39.6 Å². The van der Waals surface area contributed by atoms with E-state index in [2.05, 4.69) is 5.32 Å². The lowest BCUT2D eigenvalue weighted by Crippen LogP contribution is -2.37. The van der Waals surface area contributed by atoms with Crippen LogP contribution in [0.15, 0.2) is 0 Å². The monoisotopic (exact) mass is 263 g/mol. The van der Waals surface area contributed by atoms with Crippen LogP contribution < -0.4 is 5.32 Å². The first-order valence-electron chi connectivity index (χ1n) is 6.26. The van der Waals surface area contributed by atoms with E-state index in [1.807, 2.05) is 0 Å². The summed E-state index contributed by atoms with van der Waals surface area (Å²) in [6.45, 7) is 7.38. The second-order valence-corrected chi connectivity index (χ2v) is 3.65. The first-order valence-corrected chi connectivity index (χ1v) is 6.26. The molecule has 18 heavy (non-hydrogen) atoms. The maximum atomic E-state index is 11.3. The Morgan fingerprint density at radius 2 is 1.72 bits per heavy atom. The van der Waals surface area contributed by atoms with Gasteiger partial charge in [0, 0.05) is 13.7 Å². The Balaban J connectivity index is 3.22. The molecule has 1 atom stereocenters. The fourth-order valence-electron chi connectivity index (χ4n) is 1.16. The van der Waals surface area contributed by atoms with Gasteiger partial charge in [0.25, 0.3) is 0 Å². The summed E-state index contributed by atoms with van der Waals surface area (Å²) >= 11 is 0. The van der Waals surface area contributed by atoms with E-state index >= 15 is 0 Å². The molecular weight excluding hydrogens is 238 g/mol. The largest absolute Gasteiger partial charge is 0.465 e. The summed E-state index contributed by atoms with van der Waals surface area (Å²) in [5, 5.41) is 3.02. The highest BCUT2D eigenvalue weighted by Crippen LogP contribution is 1.87. The molecule has 0 saturated heterocycles. The number of esters is 1. The van der Waals surface area contributed by atoms with Crippen molar-refractivity contribution in [2.24, 2.45) is 0 Å². The van der Waals surface area contributed by atoms with Crippen LogP contribution in [0.5, 0.6) is 0 Å². The van der Waals surface area contributed by atoms with Crippen LogP contribution >= 0.6 is 0 Å². The molecule has 0 aromatic rings. The zero-order valence-electron chi connectivity index (χ0n) is 11.6. The van der Waals surface area contributed by atoms with Gasteiger partial charge < -0.3 is 24.3 Å². The van der Waals surface area contributed by atoms with E-state index in [0.717, 1.165) is 0 Å². The highest BCUT2D eigenvalue weighted by atomic mass is 16.5. The number of carbonyl (C=O) groups excluding carboxylic acids is 1. The Hall–Kier alpha value is -0.690. The van der Waals surface area contributed by atoms with E-state index < -0.39 is 0 Å². The van der Waals surface area contributed by atoms with Crippen LogP contribution in [0.1, 0.15) is 13.8 Å². The van der Waals surface area contributed by atoms with E-state index in [9.17, 15) is 4.79 Å². The smallest absolute Gasteiger partial charge is 0.322 e. The molecule has 0 rings (SSSR count). The van der Waals surface area contributed by atoms with Crippen LogP contribution in [-0.4, -0.2) is 65.3 Å². The highest BCUT2D eigenvalue weighted by Gasteiger charge is 2.11. The summed E-state index contributed by atoms with van der Waals surface area (Å²) in [5.74, 6) is -0.236. The number of rotatable bonds is 12. The molecule has 0 radical (unpaired) electrons. The van der Waals surface area contributed by atoms with Crippen molar-refractivity contribution >= 4 is 5.97 Å². The molecule has 0 aromatic heterocycles. The summed E-state index contributed by atoms with van der Waals surface area (Å²) in [6.07, 6.45) is 0. The lowest BCUT2D eigenvalue weighted by molar-refractivity contribution is -0.145. The molecule has 0 fully saturated rings. The average Bonchev–Trinajstić information content (AvgIpc) is 2.36. The number of nitrogens with one attached hydrogen (secondary N) is 1. The maximum Gasteiger partial charge on any atom is 0.322 e. The number of methoxy groups -OCH3 is 1. The van der Waals surface area contributed by atoms with E-state index in [-0.39, 0.29) is 12.0 Å². The van der Waals surface area contributed by atoms with Gasteiger partial charge in [-0.05, 0) is 13.8 Å². The number of carbonyl (C=O) groups is 1. The SMILES string of the molecule is CCOC(=O)C(C)NCCOCCOCCOC. The van der Waals surface area contributed by atoms with Gasteiger partial charge in [-0.25, -0.2) is 0 Å². The Labute approximate surface area is 109 Å². The molecule has 0 aromatic carbocycles. The van der Waals surface area contributed by atoms with Gasteiger partial charge in [-0.3, -0.25) is 4.79 Å². The van der Waals surface area contributed by atoms with Gasteiger partial charge in [-0.1, -0.05) is 0 Å². The van der Waals surface area contributed by atoms with Crippen LogP contribution in [0.3, 0.4) is 0 Å². The van der Waals surface area contributed by atoms with Crippen LogP contribution in [0.2, 0.25) is 0 Å². The Morgan fingerprint density at radius 3 is 2.33 bits per heavy atom. The molecule has 0 spiro atoms. The zero-order chi connectivity index (χ0) is 13.6. The van der Waals surface area contributed by atoms with Crippen LogP contribution in [0.25, 0.3) is 0 Å². The van der Waals surface area contributed by atoms with Crippen LogP contribution in [0.4, 0.5) is 0 Å². The van der Waals surface area contributed by atoms with Crippen LogP contribution in [0, 0.1) is 0 Å². The molecule has 0 bridgehead atoms. The fraction of sp³-hybridized carbons (Fsp3) is 0.917. The number of ether oxygens (including phenoxy) is 4. The second kappa shape index (κ2) is 12.8. The summed E-state index contributed by atoms with van der Waals surface area (Å²) in [4.78, 5) is 11.3.